The number of nitrogens with zero attached hydrogens (tertiary/aromatic N) is 1. The normalized spacial score (nSPS) is 11.6. The van der Waals surface area contributed by atoms with Crippen LogP contribution in [0.3, 0.4) is 0 Å². The highest BCUT2D eigenvalue weighted by atomic mass is 32.2. The second-order valence-electron chi connectivity index (χ2n) is 6.25. The molecule has 0 fully saturated rings. The maximum atomic E-state index is 13.2. The lowest BCUT2D eigenvalue weighted by Gasteiger charge is -2.14. The Kier molecular flexibility index (Phi) is 5.52. The Hall–Kier alpha value is -2.34. The highest BCUT2D eigenvalue weighted by molar-refractivity contribution is 7.91. The number of anilines is 1. The Morgan fingerprint density at radius 1 is 1.24 bits per heavy atom. The van der Waals surface area contributed by atoms with Gasteiger partial charge >= 0.3 is 0 Å². The molecule has 2 aromatic rings. The zero-order chi connectivity index (χ0) is 18.8. The molecule has 1 aromatic carbocycles. The number of benzene rings is 1. The molecule has 0 bridgehead atoms. The van der Waals surface area contributed by atoms with E-state index in [1.807, 2.05) is 6.92 Å². The summed E-state index contributed by atoms with van der Waals surface area (Å²) in [7, 11) is -3.76. The standard InChI is InChI=1S/C19H24N2O3S/c1-6-12-21-15(5)14(4)17(18(21)20-19(22)13(2)3)25(23,24)16-10-8-7-9-11-16/h6-11,13H,1,12H2,2-5H3,(H,20,22). The Balaban J connectivity index is 2.74. The first-order chi connectivity index (χ1) is 11.7. The van der Waals surface area contributed by atoms with Crippen LogP contribution in [0.1, 0.15) is 25.1 Å². The number of hydrogen-bond donors (Lipinski definition) is 1. The molecule has 1 amide bonds. The van der Waals surface area contributed by atoms with Crippen molar-refractivity contribution in [3.63, 3.8) is 0 Å². The number of carbonyl (C=O) groups excluding carboxylic acids is 1. The number of amides is 1. The Labute approximate surface area is 149 Å². The molecular weight excluding hydrogens is 336 g/mol. The van der Waals surface area contributed by atoms with Crippen molar-refractivity contribution in [2.45, 2.75) is 44.0 Å². The summed E-state index contributed by atoms with van der Waals surface area (Å²) < 4.78 is 28.2. The van der Waals surface area contributed by atoms with Crippen LogP contribution in [0.25, 0.3) is 0 Å². The number of nitrogens with one attached hydrogen (secondary N) is 1. The predicted octanol–water partition coefficient (Wildman–Crippen LogP) is 3.72. The third-order valence-corrected chi connectivity index (χ3v) is 6.10. The Morgan fingerprint density at radius 3 is 2.36 bits per heavy atom. The zero-order valence-corrected chi connectivity index (χ0v) is 15.9. The average molecular weight is 360 g/mol. The summed E-state index contributed by atoms with van der Waals surface area (Å²) in [6, 6.07) is 8.25. The molecule has 0 spiro atoms. The van der Waals surface area contributed by atoms with Crippen molar-refractivity contribution in [2.75, 3.05) is 5.32 Å². The van der Waals surface area contributed by atoms with Crippen molar-refractivity contribution < 1.29 is 13.2 Å². The molecule has 6 heteroatoms. The van der Waals surface area contributed by atoms with E-state index in [0.29, 0.717) is 17.9 Å². The van der Waals surface area contributed by atoms with Gasteiger partial charge in [0.25, 0.3) is 0 Å². The molecule has 0 unspecified atom stereocenters. The van der Waals surface area contributed by atoms with Gasteiger partial charge in [-0.05, 0) is 31.5 Å². The van der Waals surface area contributed by atoms with Gasteiger partial charge in [-0.15, -0.1) is 6.58 Å². The molecule has 0 saturated heterocycles. The summed E-state index contributed by atoms with van der Waals surface area (Å²) in [5.41, 5.74) is 1.42. The molecular formula is C19H24N2O3S. The lowest BCUT2D eigenvalue weighted by Crippen LogP contribution is -2.21. The van der Waals surface area contributed by atoms with Gasteiger partial charge in [0.05, 0.1) is 4.90 Å². The van der Waals surface area contributed by atoms with Gasteiger partial charge in [-0.1, -0.05) is 38.1 Å². The predicted molar refractivity (Wildman–Crippen MR) is 99.5 cm³/mol. The summed E-state index contributed by atoms with van der Waals surface area (Å²) in [6.07, 6.45) is 1.68. The lowest BCUT2D eigenvalue weighted by molar-refractivity contribution is -0.118. The molecule has 0 aliphatic rings. The van der Waals surface area contributed by atoms with E-state index >= 15 is 0 Å². The molecule has 25 heavy (non-hydrogen) atoms. The van der Waals surface area contributed by atoms with E-state index in [4.69, 9.17) is 0 Å². The minimum Gasteiger partial charge on any atom is -0.327 e. The first kappa shape index (κ1) is 19.0. The van der Waals surface area contributed by atoms with Crippen molar-refractivity contribution in [3.8, 4) is 0 Å². The fourth-order valence-corrected chi connectivity index (χ4v) is 4.34. The van der Waals surface area contributed by atoms with Crippen LogP contribution in [-0.2, 0) is 21.2 Å². The van der Waals surface area contributed by atoms with Crippen LogP contribution in [0.4, 0.5) is 5.82 Å². The van der Waals surface area contributed by atoms with Gasteiger partial charge in [0, 0.05) is 18.2 Å². The molecule has 0 radical (unpaired) electrons. The van der Waals surface area contributed by atoms with Gasteiger partial charge in [-0.2, -0.15) is 0 Å². The fourth-order valence-electron chi connectivity index (χ4n) is 2.62. The molecule has 5 nitrogen and oxygen atoms in total. The Morgan fingerprint density at radius 2 is 1.84 bits per heavy atom. The van der Waals surface area contributed by atoms with Gasteiger partial charge in [0.1, 0.15) is 10.7 Å². The van der Waals surface area contributed by atoms with Gasteiger partial charge in [0.15, 0.2) is 0 Å². The second kappa shape index (κ2) is 7.27. The maximum Gasteiger partial charge on any atom is 0.228 e. The summed E-state index contributed by atoms with van der Waals surface area (Å²) in [5, 5.41) is 2.80. The van der Waals surface area contributed by atoms with Crippen LogP contribution in [0.2, 0.25) is 0 Å². The summed E-state index contributed by atoms with van der Waals surface area (Å²) in [6.45, 7) is 11.3. The molecule has 1 aromatic heterocycles. The fraction of sp³-hybridized carbons (Fsp3) is 0.316. The van der Waals surface area contributed by atoms with Crippen molar-refractivity contribution in [3.05, 3.63) is 54.2 Å². The van der Waals surface area contributed by atoms with Crippen LogP contribution in [-0.4, -0.2) is 18.9 Å². The number of carbonyl (C=O) groups is 1. The monoisotopic (exact) mass is 360 g/mol. The van der Waals surface area contributed by atoms with E-state index < -0.39 is 9.84 Å². The van der Waals surface area contributed by atoms with E-state index in [0.717, 1.165) is 5.69 Å². The highest BCUT2D eigenvalue weighted by Gasteiger charge is 2.30. The third kappa shape index (κ3) is 3.54. The van der Waals surface area contributed by atoms with Crippen LogP contribution in [0, 0.1) is 19.8 Å². The molecule has 134 valence electrons. The number of allylic oxidation sites excluding steroid dienone is 1. The summed E-state index contributed by atoms with van der Waals surface area (Å²) in [5.74, 6) is -0.190. The van der Waals surface area contributed by atoms with E-state index in [1.54, 1.807) is 61.7 Å². The van der Waals surface area contributed by atoms with E-state index in [2.05, 4.69) is 11.9 Å². The first-order valence-electron chi connectivity index (χ1n) is 8.13. The highest BCUT2D eigenvalue weighted by Crippen LogP contribution is 2.35. The minimum atomic E-state index is -3.76. The first-order valence-corrected chi connectivity index (χ1v) is 9.61. The molecule has 2 rings (SSSR count). The van der Waals surface area contributed by atoms with Crippen molar-refractivity contribution in [1.82, 2.24) is 4.57 Å². The average Bonchev–Trinajstić information content (AvgIpc) is 2.81. The van der Waals surface area contributed by atoms with Crippen molar-refractivity contribution in [1.29, 1.82) is 0 Å². The second-order valence-corrected chi connectivity index (χ2v) is 8.13. The van der Waals surface area contributed by atoms with Gasteiger partial charge < -0.3 is 9.88 Å². The van der Waals surface area contributed by atoms with Gasteiger partial charge in [-0.25, -0.2) is 8.42 Å². The van der Waals surface area contributed by atoms with Gasteiger partial charge in [-0.3, -0.25) is 4.79 Å². The van der Waals surface area contributed by atoms with E-state index in [-0.39, 0.29) is 21.6 Å². The zero-order valence-electron chi connectivity index (χ0n) is 15.0. The number of hydrogen-bond acceptors (Lipinski definition) is 3. The number of sulfone groups is 1. The summed E-state index contributed by atoms with van der Waals surface area (Å²) >= 11 is 0. The quantitative estimate of drug-likeness (QED) is 0.798. The lowest BCUT2D eigenvalue weighted by atomic mass is 10.2. The van der Waals surface area contributed by atoms with E-state index in [1.165, 1.54) is 0 Å². The van der Waals surface area contributed by atoms with Crippen LogP contribution < -0.4 is 5.32 Å². The Bertz CT molecular complexity index is 894. The maximum absolute atomic E-state index is 13.2. The van der Waals surface area contributed by atoms with Gasteiger partial charge in [0.2, 0.25) is 15.7 Å². The van der Waals surface area contributed by atoms with E-state index in [9.17, 15) is 13.2 Å². The SMILES string of the molecule is C=CCn1c(C)c(C)c(S(=O)(=O)c2ccccc2)c1NC(=O)C(C)C. The molecule has 1 N–H and O–H groups in total. The number of aromatic nitrogens is 1. The topological polar surface area (TPSA) is 68.2 Å². The largest absolute Gasteiger partial charge is 0.327 e. The van der Waals surface area contributed by atoms with Crippen LogP contribution >= 0.6 is 0 Å². The molecule has 0 aliphatic carbocycles. The molecule has 1 heterocycles. The van der Waals surface area contributed by atoms with Crippen molar-refractivity contribution in [2.24, 2.45) is 5.92 Å². The smallest absolute Gasteiger partial charge is 0.228 e. The van der Waals surface area contributed by atoms with Crippen LogP contribution in [0.5, 0.6) is 0 Å². The third-order valence-electron chi connectivity index (χ3n) is 4.17. The minimum absolute atomic E-state index is 0.145. The molecule has 0 atom stereocenters. The molecule has 0 saturated carbocycles. The number of rotatable bonds is 6. The van der Waals surface area contributed by atoms with Crippen molar-refractivity contribution >= 4 is 21.6 Å². The molecule has 0 aliphatic heterocycles. The van der Waals surface area contributed by atoms with Crippen LogP contribution in [0.15, 0.2) is 52.8 Å². The summed E-state index contributed by atoms with van der Waals surface area (Å²) in [4.78, 5) is 12.6.